The number of nitrogens with one attached hydrogen (secondary N) is 1. The van der Waals surface area contributed by atoms with Gasteiger partial charge in [0.05, 0.1) is 0 Å². The van der Waals surface area contributed by atoms with Crippen molar-refractivity contribution in [1.82, 2.24) is 15.1 Å². The highest BCUT2D eigenvalue weighted by atomic mass is 15.2. The van der Waals surface area contributed by atoms with E-state index in [0.29, 0.717) is 11.9 Å². The Balaban J connectivity index is 2.10. The normalized spacial score (nSPS) is 11.1. The van der Waals surface area contributed by atoms with Crippen LogP contribution in [0.2, 0.25) is 0 Å². The molecule has 0 fully saturated rings. The molecule has 0 spiro atoms. The van der Waals surface area contributed by atoms with E-state index in [1.165, 1.54) is 6.42 Å². The van der Waals surface area contributed by atoms with Crippen LogP contribution in [0.15, 0.2) is 12.1 Å². The minimum absolute atomic E-state index is 0.453. The predicted octanol–water partition coefficient (Wildman–Crippen LogP) is 1.59. The van der Waals surface area contributed by atoms with E-state index >= 15 is 0 Å². The SMILES string of the molecule is CC(C)N(C)CCCCNc1ccc(N)nn1. The summed E-state index contributed by atoms with van der Waals surface area (Å²) in [6.45, 7) is 6.47. The Morgan fingerprint density at radius 1 is 1.29 bits per heavy atom. The average molecular weight is 237 g/mol. The molecule has 0 aromatic carbocycles. The van der Waals surface area contributed by atoms with Gasteiger partial charge >= 0.3 is 0 Å². The van der Waals surface area contributed by atoms with Crippen molar-refractivity contribution in [2.45, 2.75) is 32.7 Å². The molecule has 0 aliphatic carbocycles. The lowest BCUT2D eigenvalue weighted by Crippen LogP contribution is -2.27. The number of anilines is 2. The van der Waals surface area contributed by atoms with Crippen LogP contribution in [0.5, 0.6) is 0 Å². The molecule has 0 bridgehead atoms. The number of aromatic nitrogens is 2. The van der Waals surface area contributed by atoms with Gasteiger partial charge in [-0.25, -0.2) is 0 Å². The molecule has 5 nitrogen and oxygen atoms in total. The Morgan fingerprint density at radius 3 is 2.65 bits per heavy atom. The van der Waals surface area contributed by atoms with E-state index in [2.05, 4.69) is 41.3 Å². The van der Waals surface area contributed by atoms with Gasteiger partial charge in [-0.05, 0) is 52.4 Å². The Hall–Kier alpha value is -1.36. The number of nitrogens with two attached hydrogens (primary N) is 1. The predicted molar refractivity (Wildman–Crippen MR) is 71.9 cm³/mol. The average Bonchev–Trinajstić information content (AvgIpc) is 2.30. The van der Waals surface area contributed by atoms with Crippen molar-refractivity contribution in [3.63, 3.8) is 0 Å². The summed E-state index contributed by atoms with van der Waals surface area (Å²) >= 11 is 0. The topological polar surface area (TPSA) is 67.1 Å². The van der Waals surface area contributed by atoms with E-state index in [1.54, 1.807) is 6.07 Å². The molecule has 0 aliphatic rings. The van der Waals surface area contributed by atoms with Crippen molar-refractivity contribution in [1.29, 1.82) is 0 Å². The van der Waals surface area contributed by atoms with Crippen LogP contribution in [0.4, 0.5) is 11.6 Å². The van der Waals surface area contributed by atoms with Gasteiger partial charge in [0.2, 0.25) is 0 Å². The quantitative estimate of drug-likeness (QED) is 0.705. The molecule has 0 atom stereocenters. The van der Waals surface area contributed by atoms with Gasteiger partial charge in [0.15, 0.2) is 0 Å². The Kier molecular flexibility index (Phi) is 5.69. The lowest BCUT2D eigenvalue weighted by atomic mass is 10.2. The molecule has 96 valence electrons. The summed E-state index contributed by atoms with van der Waals surface area (Å²) in [5.41, 5.74) is 5.46. The second-order valence-electron chi connectivity index (χ2n) is 4.55. The fourth-order valence-corrected chi connectivity index (χ4v) is 1.40. The lowest BCUT2D eigenvalue weighted by molar-refractivity contribution is 0.269. The largest absolute Gasteiger partial charge is 0.382 e. The van der Waals surface area contributed by atoms with Crippen molar-refractivity contribution in [2.75, 3.05) is 31.2 Å². The van der Waals surface area contributed by atoms with Crippen molar-refractivity contribution in [3.05, 3.63) is 12.1 Å². The molecule has 0 amide bonds. The number of hydrogen-bond acceptors (Lipinski definition) is 5. The highest BCUT2D eigenvalue weighted by Crippen LogP contribution is 2.03. The fraction of sp³-hybridized carbons (Fsp3) is 0.667. The van der Waals surface area contributed by atoms with E-state index in [-0.39, 0.29) is 0 Å². The number of rotatable bonds is 7. The molecule has 0 aliphatic heterocycles. The standard InChI is InChI=1S/C12H23N5/c1-10(2)17(3)9-5-4-8-14-12-7-6-11(13)15-16-12/h6-7,10H,4-5,8-9H2,1-3H3,(H2,13,15)(H,14,16). The molecule has 1 aromatic rings. The number of nitrogen functional groups attached to an aromatic ring is 1. The summed E-state index contributed by atoms with van der Waals surface area (Å²) < 4.78 is 0. The van der Waals surface area contributed by atoms with Crippen LogP contribution < -0.4 is 11.1 Å². The maximum absolute atomic E-state index is 5.46. The summed E-state index contributed by atoms with van der Waals surface area (Å²) in [5, 5.41) is 11.0. The van der Waals surface area contributed by atoms with Gasteiger partial charge in [0.1, 0.15) is 11.6 Å². The van der Waals surface area contributed by atoms with E-state index in [1.807, 2.05) is 6.07 Å². The van der Waals surface area contributed by atoms with E-state index in [0.717, 1.165) is 25.3 Å². The van der Waals surface area contributed by atoms with Gasteiger partial charge in [0.25, 0.3) is 0 Å². The molecule has 0 radical (unpaired) electrons. The van der Waals surface area contributed by atoms with Gasteiger partial charge < -0.3 is 16.0 Å². The first kappa shape index (κ1) is 13.7. The first-order chi connectivity index (χ1) is 8.09. The van der Waals surface area contributed by atoms with Gasteiger partial charge in [0, 0.05) is 12.6 Å². The summed E-state index contributed by atoms with van der Waals surface area (Å²) in [7, 11) is 2.16. The molecule has 1 rings (SSSR count). The maximum atomic E-state index is 5.46. The van der Waals surface area contributed by atoms with Crippen molar-refractivity contribution < 1.29 is 0 Å². The maximum Gasteiger partial charge on any atom is 0.148 e. The van der Waals surface area contributed by atoms with E-state index in [4.69, 9.17) is 5.73 Å². The summed E-state index contributed by atoms with van der Waals surface area (Å²) in [4.78, 5) is 2.35. The Bertz CT molecular complexity index is 309. The minimum Gasteiger partial charge on any atom is -0.382 e. The van der Waals surface area contributed by atoms with Crippen molar-refractivity contribution in [3.8, 4) is 0 Å². The number of nitrogens with zero attached hydrogens (tertiary/aromatic N) is 3. The summed E-state index contributed by atoms with van der Waals surface area (Å²) in [6.07, 6.45) is 2.31. The van der Waals surface area contributed by atoms with Crippen molar-refractivity contribution in [2.24, 2.45) is 0 Å². The van der Waals surface area contributed by atoms with Crippen LogP contribution in [-0.4, -0.2) is 41.3 Å². The highest BCUT2D eigenvalue weighted by Gasteiger charge is 2.01. The minimum atomic E-state index is 0.453. The summed E-state index contributed by atoms with van der Waals surface area (Å²) in [5.74, 6) is 1.24. The van der Waals surface area contributed by atoms with Crippen LogP contribution in [0.25, 0.3) is 0 Å². The third kappa shape index (κ3) is 5.49. The van der Waals surface area contributed by atoms with Crippen molar-refractivity contribution >= 4 is 11.6 Å². The van der Waals surface area contributed by atoms with Crippen LogP contribution in [0, 0.1) is 0 Å². The molecule has 0 saturated heterocycles. The molecule has 1 aromatic heterocycles. The molecule has 5 heteroatoms. The fourth-order valence-electron chi connectivity index (χ4n) is 1.40. The number of hydrogen-bond donors (Lipinski definition) is 2. The third-order valence-corrected chi connectivity index (χ3v) is 2.81. The monoisotopic (exact) mass is 237 g/mol. The second-order valence-corrected chi connectivity index (χ2v) is 4.55. The molecule has 1 heterocycles. The van der Waals surface area contributed by atoms with Gasteiger partial charge in [-0.15, -0.1) is 10.2 Å². The molecule has 0 saturated carbocycles. The highest BCUT2D eigenvalue weighted by molar-refractivity contribution is 5.38. The zero-order valence-electron chi connectivity index (χ0n) is 11.0. The first-order valence-electron chi connectivity index (χ1n) is 6.13. The Labute approximate surface area is 103 Å². The molecular formula is C12H23N5. The first-order valence-corrected chi connectivity index (χ1v) is 6.13. The zero-order valence-corrected chi connectivity index (χ0v) is 11.0. The van der Waals surface area contributed by atoms with Crippen LogP contribution in [0.1, 0.15) is 26.7 Å². The van der Waals surface area contributed by atoms with Crippen LogP contribution >= 0.6 is 0 Å². The molecular weight excluding hydrogens is 214 g/mol. The van der Waals surface area contributed by atoms with Gasteiger partial charge in [-0.2, -0.15) is 0 Å². The zero-order chi connectivity index (χ0) is 12.7. The third-order valence-electron chi connectivity index (χ3n) is 2.81. The second kappa shape index (κ2) is 7.06. The van der Waals surface area contributed by atoms with Gasteiger partial charge in [-0.3, -0.25) is 0 Å². The molecule has 0 unspecified atom stereocenters. The van der Waals surface area contributed by atoms with E-state index in [9.17, 15) is 0 Å². The smallest absolute Gasteiger partial charge is 0.148 e. The van der Waals surface area contributed by atoms with Gasteiger partial charge in [-0.1, -0.05) is 0 Å². The number of unbranched alkanes of at least 4 members (excludes halogenated alkanes) is 1. The Morgan fingerprint density at radius 2 is 2.06 bits per heavy atom. The van der Waals surface area contributed by atoms with Crippen LogP contribution in [-0.2, 0) is 0 Å². The summed E-state index contributed by atoms with van der Waals surface area (Å²) in [6, 6.07) is 4.22. The lowest BCUT2D eigenvalue weighted by Gasteiger charge is -2.20. The molecule has 3 N–H and O–H groups in total. The van der Waals surface area contributed by atoms with E-state index < -0.39 is 0 Å². The molecule has 17 heavy (non-hydrogen) atoms. The van der Waals surface area contributed by atoms with Crippen LogP contribution in [0.3, 0.4) is 0 Å².